The maximum atomic E-state index is 8.36. The van der Waals surface area contributed by atoms with E-state index in [1.165, 1.54) is 95.0 Å². The van der Waals surface area contributed by atoms with Crippen LogP contribution >= 0.6 is 0 Å². The molecule has 0 aromatic rings. The van der Waals surface area contributed by atoms with Gasteiger partial charge in [0.05, 0.1) is 6.20 Å². The van der Waals surface area contributed by atoms with E-state index in [2.05, 4.69) is 12.5 Å². The van der Waals surface area contributed by atoms with Crippen LogP contribution in [0.2, 0.25) is 0 Å². The van der Waals surface area contributed by atoms with Crippen molar-refractivity contribution in [1.29, 1.82) is 0 Å². The molecule has 0 aromatic heterocycles. The van der Waals surface area contributed by atoms with Crippen LogP contribution in [0.5, 0.6) is 0 Å². The summed E-state index contributed by atoms with van der Waals surface area (Å²) in [4.78, 5) is 8.36. The highest BCUT2D eigenvalue weighted by Gasteiger charge is 2.06. The fourth-order valence-corrected chi connectivity index (χ4v) is 2.97. The van der Waals surface area contributed by atoms with Crippen molar-refractivity contribution in [1.82, 2.24) is 15.7 Å². The highest BCUT2D eigenvalue weighted by atomic mass is 16.9. The molecule has 0 fully saturated rings. The first-order valence-corrected chi connectivity index (χ1v) is 10.1. The first kappa shape index (κ1) is 24.5. The summed E-state index contributed by atoms with van der Waals surface area (Å²) in [6.45, 7) is 3.33. The molecule has 0 saturated heterocycles. The van der Waals surface area contributed by atoms with E-state index in [1.807, 2.05) is 17.4 Å². The molecule has 1 aliphatic heterocycles. The van der Waals surface area contributed by atoms with E-state index in [0.29, 0.717) is 0 Å². The van der Waals surface area contributed by atoms with Gasteiger partial charge in [-0.3, -0.25) is 5.01 Å². The Balaban J connectivity index is 0.00000141. The molecular formula is C18H39N5O3. The number of nitrogens with two attached hydrogens (primary N) is 1. The molecule has 0 radical (unpaired) electrons. The molecule has 0 amide bonds. The van der Waals surface area contributed by atoms with Crippen LogP contribution in [-0.4, -0.2) is 27.0 Å². The molecule has 0 spiro atoms. The number of nitrogens with zero attached hydrogens (tertiary/aromatic N) is 3. The SMILES string of the molecule is CCCCCCCCCCCCCCCCN1C=CN(N)N1.O=[N+]([O-])O. The molecule has 1 heterocycles. The average Bonchev–Trinajstić information content (AvgIpc) is 3.00. The van der Waals surface area contributed by atoms with Crippen molar-refractivity contribution >= 4 is 0 Å². The van der Waals surface area contributed by atoms with Crippen molar-refractivity contribution in [2.75, 3.05) is 6.54 Å². The van der Waals surface area contributed by atoms with Crippen molar-refractivity contribution in [2.24, 2.45) is 5.84 Å². The van der Waals surface area contributed by atoms with Gasteiger partial charge in [-0.25, -0.2) is 11.0 Å². The van der Waals surface area contributed by atoms with Gasteiger partial charge in [0.1, 0.15) is 0 Å². The van der Waals surface area contributed by atoms with E-state index < -0.39 is 5.09 Å². The second-order valence-electron chi connectivity index (χ2n) is 6.83. The van der Waals surface area contributed by atoms with Crippen LogP contribution < -0.4 is 11.4 Å². The summed E-state index contributed by atoms with van der Waals surface area (Å²) in [6, 6.07) is 0. The number of rotatable bonds is 15. The predicted octanol–water partition coefficient (Wildman–Crippen LogP) is 4.50. The average molecular weight is 374 g/mol. The second kappa shape index (κ2) is 18.3. The Hall–Kier alpha value is -1.54. The lowest BCUT2D eigenvalue weighted by Gasteiger charge is -2.18. The minimum Gasteiger partial charge on any atom is -0.328 e. The third-order valence-corrected chi connectivity index (χ3v) is 4.40. The zero-order chi connectivity index (χ0) is 19.5. The topological polar surface area (TPSA) is 108 Å². The van der Waals surface area contributed by atoms with Gasteiger partial charge in [-0.1, -0.05) is 90.4 Å². The van der Waals surface area contributed by atoms with Crippen LogP contribution in [0.1, 0.15) is 96.8 Å². The van der Waals surface area contributed by atoms with Gasteiger partial charge >= 0.3 is 0 Å². The first-order chi connectivity index (χ1) is 12.6. The Bertz CT molecular complexity index is 352. The Morgan fingerprint density at radius 2 is 1.27 bits per heavy atom. The maximum Gasteiger partial charge on any atom is 0.291 e. The zero-order valence-corrected chi connectivity index (χ0v) is 16.4. The van der Waals surface area contributed by atoms with Crippen LogP contribution in [-0.2, 0) is 0 Å². The lowest BCUT2D eigenvalue weighted by atomic mass is 10.0. The molecule has 1 aliphatic rings. The second-order valence-corrected chi connectivity index (χ2v) is 6.83. The summed E-state index contributed by atoms with van der Waals surface area (Å²) in [5, 5.41) is 17.2. The van der Waals surface area contributed by atoms with Crippen LogP contribution in [0.4, 0.5) is 0 Å². The quantitative estimate of drug-likeness (QED) is 0.168. The van der Waals surface area contributed by atoms with Gasteiger partial charge in [-0.15, -0.1) is 15.6 Å². The van der Waals surface area contributed by atoms with E-state index >= 15 is 0 Å². The molecule has 0 aromatic carbocycles. The third kappa shape index (κ3) is 18.8. The molecule has 4 N–H and O–H groups in total. The number of hydrogen-bond acceptors (Lipinski definition) is 6. The summed E-state index contributed by atoms with van der Waals surface area (Å²) in [5.41, 5.74) is 3.03. The van der Waals surface area contributed by atoms with Gasteiger partial charge in [0.15, 0.2) is 0 Å². The molecule has 8 heteroatoms. The van der Waals surface area contributed by atoms with E-state index in [9.17, 15) is 0 Å². The largest absolute Gasteiger partial charge is 0.328 e. The summed E-state index contributed by atoms with van der Waals surface area (Å²) in [7, 11) is 0. The van der Waals surface area contributed by atoms with E-state index in [4.69, 9.17) is 21.2 Å². The Kier molecular flexibility index (Phi) is 17.2. The van der Waals surface area contributed by atoms with Gasteiger partial charge in [-0.05, 0) is 6.42 Å². The highest BCUT2D eigenvalue weighted by Crippen LogP contribution is 2.13. The van der Waals surface area contributed by atoms with Gasteiger partial charge in [0, 0.05) is 12.7 Å². The first-order valence-electron chi connectivity index (χ1n) is 10.1. The lowest BCUT2D eigenvalue weighted by Crippen LogP contribution is -2.43. The van der Waals surface area contributed by atoms with Gasteiger partial charge in [-0.2, -0.15) is 0 Å². The summed E-state index contributed by atoms with van der Waals surface area (Å²) in [6.07, 6.45) is 23.5. The minimum absolute atomic E-state index is 1.04. The molecule has 0 aliphatic carbocycles. The van der Waals surface area contributed by atoms with Crippen LogP contribution in [0.25, 0.3) is 0 Å². The molecule has 0 unspecified atom stereocenters. The van der Waals surface area contributed by atoms with E-state index in [1.54, 1.807) is 0 Å². The Morgan fingerprint density at radius 1 is 0.885 bits per heavy atom. The van der Waals surface area contributed by atoms with E-state index in [0.717, 1.165) is 6.54 Å². The van der Waals surface area contributed by atoms with Crippen LogP contribution in [0.3, 0.4) is 0 Å². The normalized spacial score (nSPS) is 13.0. The summed E-state index contributed by atoms with van der Waals surface area (Å²) < 4.78 is 0. The Labute approximate surface area is 158 Å². The Morgan fingerprint density at radius 3 is 1.62 bits per heavy atom. The number of unbranched alkanes of at least 4 members (excludes halogenated alkanes) is 13. The third-order valence-electron chi connectivity index (χ3n) is 4.40. The predicted molar refractivity (Wildman–Crippen MR) is 104 cm³/mol. The fourth-order valence-electron chi connectivity index (χ4n) is 2.97. The van der Waals surface area contributed by atoms with Crippen molar-refractivity contribution in [3.05, 3.63) is 22.5 Å². The van der Waals surface area contributed by atoms with E-state index in [-0.39, 0.29) is 0 Å². The van der Waals surface area contributed by atoms with Crippen molar-refractivity contribution in [3.63, 3.8) is 0 Å². The number of hydrazine groups is 3. The fraction of sp³-hybridized carbons (Fsp3) is 0.889. The standard InChI is InChI=1S/C18H38N4.HNO3/c1-2-3-4-5-6-7-8-9-10-11-12-13-14-15-16-21-17-18-22(19)20-21;2-1(3)4/h17-18,20H,2-16,19H2,1H3;(H,2,3,4). The van der Waals surface area contributed by atoms with Gasteiger partial charge < -0.3 is 5.21 Å². The number of nitrogens with one attached hydrogen (secondary N) is 1. The number of hydrogen-bond donors (Lipinski definition) is 3. The summed E-state index contributed by atoms with van der Waals surface area (Å²) >= 11 is 0. The zero-order valence-electron chi connectivity index (χ0n) is 16.4. The van der Waals surface area contributed by atoms with Gasteiger partial charge in [0.25, 0.3) is 5.09 Å². The molecular weight excluding hydrogens is 334 g/mol. The smallest absolute Gasteiger partial charge is 0.291 e. The van der Waals surface area contributed by atoms with Crippen LogP contribution in [0.15, 0.2) is 12.4 Å². The van der Waals surface area contributed by atoms with Crippen LogP contribution in [0, 0.1) is 10.1 Å². The molecule has 26 heavy (non-hydrogen) atoms. The molecule has 0 saturated carbocycles. The summed E-state index contributed by atoms with van der Waals surface area (Å²) in [5.74, 6) is 5.57. The molecule has 0 bridgehead atoms. The van der Waals surface area contributed by atoms with Crippen molar-refractivity contribution in [3.8, 4) is 0 Å². The lowest BCUT2D eigenvalue weighted by molar-refractivity contribution is -0.742. The monoisotopic (exact) mass is 373 g/mol. The highest BCUT2D eigenvalue weighted by molar-refractivity contribution is 4.82. The van der Waals surface area contributed by atoms with Gasteiger partial charge in [0.2, 0.25) is 0 Å². The molecule has 154 valence electrons. The molecule has 0 atom stereocenters. The molecule has 8 nitrogen and oxygen atoms in total. The minimum atomic E-state index is -1.50. The van der Waals surface area contributed by atoms with Crippen molar-refractivity contribution < 1.29 is 10.3 Å². The maximum absolute atomic E-state index is 8.36. The van der Waals surface area contributed by atoms with Crippen molar-refractivity contribution in [2.45, 2.75) is 96.8 Å². The molecule has 1 rings (SSSR count).